The van der Waals surface area contributed by atoms with E-state index >= 15 is 0 Å². The SMILES string of the molecule is CCc1ccc([C@H]2Nc3ccccc3C(=O)N2c2ccc(Br)c(C)c2)cc1. The van der Waals surface area contributed by atoms with Crippen LogP contribution in [0.4, 0.5) is 11.4 Å². The Balaban J connectivity index is 1.84. The van der Waals surface area contributed by atoms with Crippen molar-refractivity contribution in [3.63, 3.8) is 0 Å². The average molecular weight is 421 g/mol. The van der Waals surface area contributed by atoms with Crippen LogP contribution in [0.2, 0.25) is 0 Å². The molecule has 3 aromatic rings. The number of carbonyl (C=O) groups excluding carboxylic acids is 1. The van der Waals surface area contributed by atoms with Crippen LogP contribution in [0.3, 0.4) is 0 Å². The largest absolute Gasteiger partial charge is 0.360 e. The van der Waals surface area contributed by atoms with E-state index in [1.54, 1.807) is 0 Å². The molecule has 4 rings (SSSR count). The van der Waals surface area contributed by atoms with Crippen molar-refractivity contribution < 1.29 is 4.79 Å². The normalized spacial score (nSPS) is 16.0. The van der Waals surface area contributed by atoms with E-state index in [0.717, 1.165) is 33.4 Å². The first kappa shape index (κ1) is 17.8. The van der Waals surface area contributed by atoms with E-state index in [1.807, 2.05) is 54.3 Å². The van der Waals surface area contributed by atoms with E-state index in [2.05, 4.69) is 52.4 Å². The Labute approximate surface area is 168 Å². The van der Waals surface area contributed by atoms with Crippen molar-refractivity contribution >= 4 is 33.2 Å². The third kappa shape index (κ3) is 3.26. The summed E-state index contributed by atoms with van der Waals surface area (Å²) < 4.78 is 1.04. The number of halogens is 1. The molecular formula is C23H21BrN2O. The summed E-state index contributed by atoms with van der Waals surface area (Å²) in [6, 6.07) is 22.2. The number of fused-ring (bicyclic) bond motifs is 1. The summed E-state index contributed by atoms with van der Waals surface area (Å²) in [5.74, 6) is 0.00985. The molecule has 0 radical (unpaired) electrons. The maximum absolute atomic E-state index is 13.4. The van der Waals surface area contributed by atoms with E-state index in [9.17, 15) is 4.79 Å². The summed E-state index contributed by atoms with van der Waals surface area (Å²) in [6.07, 6.45) is 0.745. The van der Waals surface area contributed by atoms with Crippen molar-refractivity contribution in [1.29, 1.82) is 0 Å². The number of hydrogen-bond donors (Lipinski definition) is 1. The minimum Gasteiger partial charge on any atom is -0.360 e. The smallest absolute Gasteiger partial charge is 0.262 e. The molecule has 1 atom stereocenters. The maximum atomic E-state index is 13.4. The zero-order chi connectivity index (χ0) is 19.0. The van der Waals surface area contributed by atoms with Gasteiger partial charge in [-0.1, -0.05) is 59.3 Å². The van der Waals surface area contributed by atoms with Crippen molar-refractivity contribution in [3.8, 4) is 0 Å². The van der Waals surface area contributed by atoms with Gasteiger partial charge in [0.25, 0.3) is 5.91 Å². The summed E-state index contributed by atoms with van der Waals surface area (Å²) in [5.41, 5.74) is 5.89. The second-order valence-corrected chi connectivity index (χ2v) is 7.65. The predicted octanol–water partition coefficient (Wildman–Crippen LogP) is 6.09. The van der Waals surface area contributed by atoms with Gasteiger partial charge in [-0.3, -0.25) is 9.69 Å². The van der Waals surface area contributed by atoms with Gasteiger partial charge in [-0.2, -0.15) is 0 Å². The summed E-state index contributed by atoms with van der Waals surface area (Å²) >= 11 is 3.55. The molecule has 0 aliphatic carbocycles. The number of para-hydroxylation sites is 1. The Morgan fingerprint density at radius 1 is 1.04 bits per heavy atom. The lowest BCUT2D eigenvalue weighted by Crippen LogP contribution is -2.43. The maximum Gasteiger partial charge on any atom is 0.262 e. The molecule has 3 aromatic carbocycles. The van der Waals surface area contributed by atoms with E-state index in [0.29, 0.717) is 5.56 Å². The summed E-state index contributed by atoms with van der Waals surface area (Å²) in [5, 5.41) is 3.56. The molecule has 0 fully saturated rings. The fourth-order valence-corrected chi connectivity index (χ4v) is 3.71. The lowest BCUT2D eigenvalue weighted by atomic mass is 10.0. The quantitative estimate of drug-likeness (QED) is 0.555. The van der Waals surface area contributed by atoms with Crippen LogP contribution in [0, 0.1) is 6.92 Å². The molecule has 27 heavy (non-hydrogen) atoms. The number of hydrogen-bond acceptors (Lipinski definition) is 2. The average Bonchev–Trinajstić information content (AvgIpc) is 2.70. The van der Waals surface area contributed by atoms with E-state index < -0.39 is 0 Å². The van der Waals surface area contributed by atoms with Crippen LogP contribution >= 0.6 is 15.9 Å². The third-order valence-electron chi connectivity index (χ3n) is 5.05. The first-order valence-electron chi connectivity index (χ1n) is 9.12. The first-order valence-corrected chi connectivity index (χ1v) is 9.92. The number of carbonyl (C=O) groups is 1. The zero-order valence-corrected chi connectivity index (χ0v) is 17.0. The second kappa shape index (κ2) is 7.20. The van der Waals surface area contributed by atoms with Gasteiger partial charge in [-0.25, -0.2) is 0 Å². The van der Waals surface area contributed by atoms with E-state index in [4.69, 9.17) is 0 Å². The van der Waals surface area contributed by atoms with Crippen LogP contribution in [0.1, 0.15) is 40.1 Å². The molecule has 1 amide bonds. The number of nitrogens with one attached hydrogen (secondary N) is 1. The highest BCUT2D eigenvalue weighted by Gasteiger charge is 2.34. The molecule has 1 N–H and O–H groups in total. The highest BCUT2D eigenvalue weighted by atomic mass is 79.9. The fourth-order valence-electron chi connectivity index (χ4n) is 3.47. The Kier molecular flexibility index (Phi) is 4.75. The molecule has 1 heterocycles. The Bertz CT molecular complexity index is 998. The topological polar surface area (TPSA) is 32.3 Å². The standard InChI is InChI=1S/C23H21BrN2O/c1-3-16-8-10-17(11-9-16)22-25-21-7-5-4-6-19(21)23(27)26(22)18-12-13-20(24)15(2)14-18/h4-14,22,25H,3H2,1-2H3/t22-/m0/s1. The highest BCUT2D eigenvalue weighted by molar-refractivity contribution is 9.10. The second-order valence-electron chi connectivity index (χ2n) is 6.80. The molecule has 0 aromatic heterocycles. The molecule has 136 valence electrons. The molecule has 0 bridgehead atoms. The van der Waals surface area contributed by atoms with Gasteiger partial charge in [0.2, 0.25) is 0 Å². The van der Waals surface area contributed by atoms with Gasteiger partial charge < -0.3 is 5.32 Å². The zero-order valence-electron chi connectivity index (χ0n) is 15.4. The van der Waals surface area contributed by atoms with Crippen LogP contribution in [-0.4, -0.2) is 5.91 Å². The first-order chi connectivity index (χ1) is 13.1. The number of amides is 1. The lowest BCUT2D eigenvalue weighted by Gasteiger charge is -2.38. The summed E-state index contributed by atoms with van der Waals surface area (Å²) in [7, 11) is 0. The van der Waals surface area contributed by atoms with Crippen molar-refractivity contribution in [2.24, 2.45) is 0 Å². The van der Waals surface area contributed by atoms with Gasteiger partial charge >= 0.3 is 0 Å². The Morgan fingerprint density at radius 2 is 1.78 bits per heavy atom. The number of anilines is 2. The number of nitrogens with zero attached hydrogens (tertiary/aromatic N) is 1. The van der Waals surface area contributed by atoms with Crippen LogP contribution in [0.15, 0.2) is 71.2 Å². The van der Waals surface area contributed by atoms with Crippen LogP contribution in [0.25, 0.3) is 0 Å². The van der Waals surface area contributed by atoms with Crippen molar-refractivity contribution in [2.45, 2.75) is 26.4 Å². The van der Waals surface area contributed by atoms with Crippen molar-refractivity contribution in [3.05, 3.63) is 93.5 Å². The lowest BCUT2D eigenvalue weighted by molar-refractivity contribution is 0.0975. The molecule has 1 aliphatic heterocycles. The number of rotatable bonds is 3. The van der Waals surface area contributed by atoms with Gasteiger partial charge in [0.05, 0.1) is 5.56 Å². The highest BCUT2D eigenvalue weighted by Crippen LogP contribution is 2.37. The molecule has 0 saturated heterocycles. The van der Waals surface area contributed by atoms with Crippen LogP contribution < -0.4 is 10.2 Å². The summed E-state index contributed by atoms with van der Waals surface area (Å²) in [6.45, 7) is 4.18. The molecule has 0 spiro atoms. The van der Waals surface area contributed by atoms with Gasteiger partial charge in [0.1, 0.15) is 6.17 Å². The van der Waals surface area contributed by atoms with Gasteiger partial charge in [0, 0.05) is 15.8 Å². The van der Waals surface area contributed by atoms with Gasteiger partial charge in [0.15, 0.2) is 0 Å². The summed E-state index contributed by atoms with van der Waals surface area (Å²) in [4.78, 5) is 15.2. The minimum atomic E-state index is -0.251. The monoisotopic (exact) mass is 420 g/mol. The van der Waals surface area contributed by atoms with Crippen molar-refractivity contribution in [2.75, 3.05) is 10.2 Å². The van der Waals surface area contributed by atoms with Gasteiger partial charge in [-0.05, 0) is 60.4 Å². The predicted molar refractivity (Wildman–Crippen MR) is 114 cm³/mol. The molecule has 0 saturated carbocycles. The van der Waals surface area contributed by atoms with Crippen LogP contribution in [0.5, 0.6) is 0 Å². The number of benzene rings is 3. The van der Waals surface area contributed by atoms with E-state index in [1.165, 1.54) is 5.56 Å². The Hall–Kier alpha value is -2.59. The van der Waals surface area contributed by atoms with Crippen molar-refractivity contribution in [1.82, 2.24) is 0 Å². The van der Waals surface area contributed by atoms with Crippen LogP contribution in [-0.2, 0) is 6.42 Å². The fraction of sp³-hybridized carbons (Fsp3) is 0.174. The van der Waals surface area contributed by atoms with E-state index in [-0.39, 0.29) is 12.1 Å². The Morgan fingerprint density at radius 3 is 2.48 bits per heavy atom. The molecule has 4 heteroatoms. The third-order valence-corrected chi connectivity index (χ3v) is 5.94. The molecule has 1 aliphatic rings. The minimum absolute atomic E-state index is 0.00985. The molecular weight excluding hydrogens is 400 g/mol. The molecule has 3 nitrogen and oxygen atoms in total. The van der Waals surface area contributed by atoms with Gasteiger partial charge in [-0.15, -0.1) is 0 Å². The number of aryl methyl sites for hydroxylation is 2. The molecule has 0 unspecified atom stereocenters.